The molecule has 4 aliphatic rings. The third-order valence-corrected chi connectivity index (χ3v) is 6.71. The lowest BCUT2D eigenvalue weighted by molar-refractivity contribution is -0.131. The van der Waals surface area contributed by atoms with Crippen LogP contribution < -0.4 is 21.6 Å². The van der Waals surface area contributed by atoms with Crippen molar-refractivity contribution in [2.24, 2.45) is 0 Å². The molecule has 0 saturated carbocycles. The highest BCUT2D eigenvalue weighted by Crippen LogP contribution is 2.31. The van der Waals surface area contributed by atoms with E-state index in [-0.39, 0.29) is 27.4 Å². The summed E-state index contributed by atoms with van der Waals surface area (Å²) in [7, 11) is 0. The Morgan fingerprint density at radius 1 is 0.789 bits per heavy atom. The fraction of sp³-hybridized carbons (Fsp3) is 0. The molecule has 11 rings (SSSR count). The van der Waals surface area contributed by atoms with Crippen molar-refractivity contribution in [3.05, 3.63) is 104 Å². The Morgan fingerprint density at radius 3 is 2.26 bits per heavy atom. The van der Waals surface area contributed by atoms with E-state index in [1.807, 2.05) is 0 Å². The number of hydrazine groups is 1. The molecule has 0 radical (unpaired) electrons. The fourth-order valence-electron chi connectivity index (χ4n) is 5.06. The maximum Gasteiger partial charge on any atom is 0.355 e. The van der Waals surface area contributed by atoms with Crippen molar-refractivity contribution in [1.82, 2.24) is 25.4 Å². The average Bonchev–Trinajstić information content (AvgIpc) is 2.94. The first-order valence-electron chi connectivity index (χ1n) is 11.4. The molecule has 4 aliphatic heterocycles. The minimum atomic E-state index is -1.50. The summed E-state index contributed by atoms with van der Waals surface area (Å²) < 4.78 is 0. The molecule has 11 heteroatoms. The summed E-state index contributed by atoms with van der Waals surface area (Å²) in [5, 5.41) is 34.0. The number of fused-ring (bicyclic) bond motifs is 4. The number of benzene rings is 2. The lowest BCUT2D eigenvalue weighted by Crippen LogP contribution is -2.53. The zero-order valence-electron chi connectivity index (χ0n) is 19.2. The molecular weight excluding hydrogens is 490 g/mol. The maximum atomic E-state index is 13.4. The molecule has 0 spiro atoms. The van der Waals surface area contributed by atoms with Crippen LogP contribution in [0.25, 0.3) is 44.0 Å². The van der Waals surface area contributed by atoms with Crippen LogP contribution >= 0.6 is 0 Å². The molecule has 0 saturated heterocycles. The molecule has 0 unspecified atom stereocenters. The van der Waals surface area contributed by atoms with Gasteiger partial charge >= 0.3 is 11.9 Å². The van der Waals surface area contributed by atoms with Crippen LogP contribution in [0.15, 0.2) is 77.1 Å². The van der Waals surface area contributed by atoms with E-state index in [4.69, 9.17) is 0 Å². The van der Waals surface area contributed by atoms with E-state index in [9.17, 15) is 29.7 Å². The van der Waals surface area contributed by atoms with Crippen molar-refractivity contribution in [1.29, 1.82) is 0 Å². The van der Waals surface area contributed by atoms with E-state index in [0.29, 0.717) is 32.8 Å². The Hall–Kier alpha value is -5.71. The summed E-state index contributed by atoms with van der Waals surface area (Å²) in [5.41, 5.74) is 2.44. The van der Waals surface area contributed by atoms with Gasteiger partial charge in [0, 0.05) is 21.6 Å². The number of pyridine rings is 2. The zero-order chi connectivity index (χ0) is 26.3. The van der Waals surface area contributed by atoms with Crippen molar-refractivity contribution in [3.63, 3.8) is 0 Å². The monoisotopic (exact) mass is 505 g/mol. The summed E-state index contributed by atoms with van der Waals surface area (Å²) in [6.45, 7) is 0. The van der Waals surface area contributed by atoms with E-state index in [1.165, 1.54) is 6.07 Å². The fourth-order valence-corrected chi connectivity index (χ4v) is 5.06. The SMILES string of the molecule is O=C(O)C1=c2c([nH]c(=O)c3ccc4cc2ccc4n3)=C2C(=C(O)O)N1NC(=O)c1ccc3cc2ccc3n1. The van der Waals surface area contributed by atoms with Gasteiger partial charge < -0.3 is 20.3 Å². The number of aliphatic hydroxyl groups excluding tert-OH is 1. The number of aliphatic carboxylic acids is 1. The Morgan fingerprint density at radius 2 is 1.47 bits per heavy atom. The van der Waals surface area contributed by atoms with Crippen molar-refractivity contribution in [2.75, 3.05) is 0 Å². The number of hydrogen-bond acceptors (Lipinski definition) is 8. The van der Waals surface area contributed by atoms with Gasteiger partial charge in [0.15, 0.2) is 11.4 Å². The second-order valence-corrected chi connectivity index (χ2v) is 8.89. The van der Waals surface area contributed by atoms with Gasteiger partial charge in [0.1, 0.15) is 11.2 Å². The molecule has 2 aromatic carbocycles. The Kier molecular flexibility index (Phi) is 4.20. The summed E-state index contributed by atoms with van der Waals surface area (Å²) in [6, 6.07) is 16.4. The smallest absolute Gasteiger partial charge is 0.355 e. The summed E-state index contributed by atoms with van der Waals surface area (Å²) in [5.74, 6) is -3.55. The molecule has 38 heavy (non-hydrogen) atoms. The van der Waals surface area contributed by atoms with Gasteiger partial charge in [-0.05, 0) is 47.3 Å². The Bertz CT molecular complexity index is 2160. The molecule has 0 aliphatic carbocycles. The van der Waals surface area contributed by atoms with Crippen LogP contribution in [-0.4, -0.2) is 47.2 Å². The van der Waals surface area contributed by atoms with Crippen molar-refractivity contribution in [2.45, 2.75) is 0 Å². The van der Waals surface area contributed by atoms with E-state index in [0.717, 1.165) is 5.01 Å². The molecular formula is C27H15N5O6. The number of aliphatic hydroxyl groups is 2. The maximum absolute atomic E-state index is 13.4. The molecule has 11 nitrogen and oxygen atoms in total. The molecule has 5 N–H and O–H groups in total. The number of aromatic nitrogens is 3. The number of nitrogens with one attached hydrogen (secondary N) is 2. The normalized spacial score (nSPS) is 14.4. The Balaban J connectivity index is 1.87. The second-order valence-electron chi connectivity index (χ2n) is 8.89. The molecule has 7 aromatic rings. The van der Waals surface area contributed by atoms with Crippen LogP contribution in [0.1, 0.15) is 16.1 Å². The molecule has 0 fully saturated rings. The van der Waals surface area contributed by atoms with Crippen molar-refractivity contribution in [3.8, 4) is 0 Å². The zero-order valence-corrected chi connectivity index (χ0v) is 19.2. The number of carbonyl (C=O) groups excluding carboxylic acids is 1. The minimum absolute atomic E-state index is 0.000542. The van der Waals surface area contributed by atoms with Gasteiger partial charge in [-0.3, -0.25) is 15.0 Å². The number of carboxylic acids is 1. The van der Waals surface area contributed by atoms with Gasteiger partial charge in [0.05, 0.1) is 16.4 Å². The van der Waals surface area contributed by atoms with Crippen LogP contribution in [-0.2, 0) is 4.79 Å². The molecule has 9 heterocycles. The first-order valence-corrected chi connectivity index (χ1v) is 11.4. The van der Waals surface area contributed by atoms with Crippen molar-refractivity contribution >= 4 is 55.9 Å². The largest absolute Gasteiger partial charge is 0.480 e. The van der Waals surface area contributed by atoms with Crippen LogP contribution in [0.3, 0.4) is 0 Å². The number of H-pyrrole nitrogens is 1. The number of carboxylic acid groups (broad SMARTS) is 1. The lowest BCUT2D eigenvalue weighted by Gasteiger charge is -2.31. The highest BCUT2D eigenvalue weighted by Gasteiger charge is 2.35. The number of carbonyl (C=O) groups is 2. The molecule has 184 valence electrons. The topological polar surface area (TPSA) is 169 Å². The molecule has 5 aromatic heterocycles. The highest BCUT2D eigenvalue weighted by molar-refractivity contribution is 6.12. The minimum Gasteiger partial charge on any atom is -0.480 e. The highest BCUT2D eigenvalue weighted by atomic mass is 16.5. The lowest BCUT2D eigenvalue weighted by atomic mass is 9.95. The van der Waals surface area contributed by atoms with E-state index in [1.54, 1.807) is 54.6 Å². The second kappa shape index (κ2) is 7.40. The quantitative estimate of drug-likeness (QED) is 0.211. The van der Waals surface area contributed by atoms with Crippen molar-refractivity contribution < 1.29 is 24.9 Å². The number of amides is 1. The van der Waals surface area contributed by atoms with Gasteiger partial charge in [-0.15, -0.1) is 0 Å². The predicted molar refractivity (Wildman–Crippen MR) is 136 cm³/mol. The first-order chi connectivity index (χ1) is 18.3. The van der Waals surface area contributed by atoms with Crippen LogP contribution in [0.2, 0.25) is 0 Å². The van der Waals surface area contributed by atoms with E-state index in [2.05, 4.69) is 20.4 Å². The molecule has 0 atom stereocenters. The molecule has 1 amide bonds. The van der Waals surface area contributed by atoms with Gasteiger partial charge in [-0.1, -0.05) is 24.3 Å². The standard InChI is InChI=1S/C27H15N5O6/c33-24-17-7-1-11-9-13(3-5-15(11)28-17)19-21(30-24)20-14-4-6-16-12(10-14)2-8-18(29-16)25(34)31-32(22(19)26(35)36)23(20)27(37)38/h1-10,37-38H,(H,30,33)(H,31,34)(H,35,36). The van der Waals surface area contributed by atoms with Gasteiger partial charge in [0.2, 0.25) is 0 Å². The summed E-state index contributed by atoms with van der Waals surface area (Å²) >= 11 is 0. The third-order valence-electron chi connectivity index (χ3n) is 6.71. The number of allylic oxidation sites excluding steroid dienone is 1. The van der Waals surface area contributed by atoms with Crippen LogP contribution in [0.5, 0.6) is 0 Å². The van der Waals surface area contributed by atoms with E-state index >= 15 is 0 Å². The summed E-state index contributed by atoms with van der Waals surface area (Å²) in [6.07, 6.45) is 0. The first kappa shape index (κ1) is 21.6. The van der Waals surface area contributed by atoms with Gasteiger partial charge in [-0.25, -0.2) is 19.8 Å². The molecule has 10 bridgehead atoms. The van der Waals surface area contributed by atoms with Crippen LogP contribution in [0, 0.1) is 0 Å². The Labute approximate surface area is 210 Å². The number of nitrogens with zero attached hydrogens (tertiary/aromatic N) is 3. The van der Waals surface area contributed by atoms with E-state index < -0.39 is 34.8 Å². The van der Waals surface area contributed by atoms with Gasteiger partial charge in [0.25, 0.3) is 11.5 Å². The third kappa shape index (κ3) is 2.92. The van der Waals surface area contributed by atoms with Gasteiger partial charge in [-0.2, -0.15) is 0 Å². The number of rotatable bonds is 1. The summed E-state index contributed by atoms with van der Waals surface area (Å²) in [4.78, 5) is 51.0. The number of aromatic amines is 1. The predicted octanol–water partition coefficient (Wildman–Crippen LogP) is 1.28. The number of hydrogen-bond donors (Lipinski definition) is 5. The van der Waals surface area contributed by atoms with Crippen LogP contribution in [0.4, 0.5) is 0 Å². The average molecular weight is 505 g/mol.